The van der Waals surface area contributed by atoms with Crippen molar-refractivity contribution in [3.8, 4) is 5.75 Å². The van der Waals surface area contributed by atoms with Gasteiger partial charge in [-0.15, -0.1) is 0 Å². The molecular weight excluding hydrogens is 388 g/mol. The Bertz CT molecular complexity index is 817. The molecule has 2 unspecified atom stereocenters. The van der Waals surface area contributed by atoms with Gasteiger partial charge < -0.3 is 25.6 Å². The minimum atomic E-state index is -0.701. The standard InChI is InChI=1S/C21H28N4O5/c1-13(21(29)24-9-7-14(8-10-24)19(22)27)23-20(28)15-11-18(26)25(12-15)16-3-5-17(30-2)6-4-16/h3-6,13-15H,7-12H2,1-2H3,(H2,22,27)(H,23,28). The van der Waals surface area contributed by atoms with Gasteiger partial charge in [-0.25, -0.2) is 0 Å². The van der Waals surface area contributed by atoms with Crippen LogP contribution in [-0.2, 0) is 19.2 Å². The molecule has 2 fully saturated rings. The second-order valence-electron chi connectivity index (χ2n) is 7.84. The maximum atomic E-state index is 12.7. The van der Waals surface area contributed by atoms with Gasteiger partial charge in [0.1, 0.15) is 11.8 Å². The summed E-state index contributed by atoms with van der Waals surface area (Å²) in [4.78, 5) is 52.2. The van der Waals surface area contributed by atoms with Crippen LogP contribution in [0, 0.1) is 11.8 Å². The fourth-order valence-electron chi connectivity index (χ4n) is 3.95. The van der Waals surface area contributed by atoms with E-state index in [1.165, 1.54) is 0 Å². The summed E-state index contributed by atoms with van der Waals surface area (Å²) in [5, 5.41) is 2.74. The van der Waals surface area contributed by atoms with Gasteiger partial charge in [-0.1, -0.05) is 0 Å². The van der Waals surface area contributed by atoms with Crippen LogP contribution in [0.4, 0.5) is 5.69 Å². The maximum absolute atomic E-state index is 12.7. The molecule has 3 rings (SSSR count). The lowest BCUT2D eigenvalue weighted by atomic mass is 9.96. The van der Waals surface area contributed by atoms with E-state index in [0.29, 0.717) is 37.4 Å². The molecule has 0 spiro atoms. The third-order valence-electron chi connectivity index (χ3n) is 5.82. The zero-order valence-corrected chi connectivity index (χ0v) is 17.3. The SMILES string of the molecule is COc1ccc(N2CC(C(=O)NC(C)C(=O)N3CCC(C(N)=O)CC3)CC2=O)cc1. The van der Waals surface area contributed by atoms with Gasteiger partial charge in [-0.3, -0.25) is 19.2 Å². The summed E-state index contributed by atoms with van der Waals surface area (Å²) < 4.78 is 5.13. The number of nitrogens with two attached hydrogens (primary N) is 1. The lowest BCUT2D eigenvalue weighted by Crippen LogP contribution is -2.51. The lowest BCUT2D eigenvalue weighted by Gasteiger charge is -2.32. The third kappa shape index (κ3) is 4.72. The molecule has 2 aliphatic rings. The number of nitrogens with zero attached hydrogens (tertiary/aromatic N) is 2. The van der Waals surface area contributed by atoms with Crippen LogP contribution in [0.1, 0.15) is 26.2 Å². The van der Waals surface area contributed by atoms with E-state index in [4.69, 9.17) is 10.5 Å². The highest BCUT2D eigenvalue weighted by Gasteiger charge is 2.37. The Morgan fingerprint density at radius 1 is 1.13 bits per heavy atom. The van der Waals surface area contributed by atoms with Crippen molar-refractivity contribution >= 4 is 29.3 Å². The van der Waals surface area contributed by atoms with Gasteiger partial charge in [-0.05, 0) is 44.0 Å². The van der Waals surface area contributed by atoms with Crippen molar-refractivity contribution in [1.29, 1.82) is 0 Å². The number of anilines is 1. The topological polar surface area (TPSA) is 122 Å². The molecule has 2 saturated heterocycles. The normalized spacial score (nSPS) is 20.7. The Labute approximate surface area is 175 Å². The summed E-state index contributed by atoms with van der Waals surface area (Å²) in [5.41, 5.74) is 6.03. The Balaban J connectivity index is 1.53. The number of rotatable bonds is 6. The number of amides is 4. The van der Waals surface area contributed by atoms with Crippen LogP contribution >= 0.6 is 0 Å². The van der Waals surface area contributed by atoms with Crippen molar-refractivity contribution < 1.29 is 23.9 Å². The first-order valence-electron chi connectivity index (χ1n) is 10.1. The van der Waals surface area contributed by atoms with E-state index >= 15 is 0 Å². The van der Waals surface area contributed by atoms with Gasteiger partial charge in [-0.2, -0.15) is 0 Å². The van der Waals surface area contributed by atoms with Gasteiger partial charge >= 0.3 is 0 Å². The average Bonchev–Trinajstić information content (AvgIpc) is 3.15. The summed E-state index contributed by atoms with van der Waals surface area (Å²) in [6, 6.07) is 6.38. The molecule has 162 valence electrons. The van der Waals surface area contributed by atoms with E-state index in [0.717, 1.165) is 0 Å². The minimum Gasteiger partial charge on any atom is -0.497 e. The summed E-state index contributed by atoms with van der Waals surface area (Å²) in [7, 11) is 1.57. The van der Waals surface area contributed by atoms with Gasteiger partial charge in [0.25, 0.3) is 0 Å². The average molecular weight is 416 g/mol. The molecule has 30 heavy (non-hydrogen) atoms. The van der Waals surface area contributed by atoms with E-state index in [-0.39, 0.29) is 42.5 Å². The molecule has 4 amide bonds. The van der Waals surface area contributed by atoms with Crippen LogP contribution in [0.2, 0.25) is 0 Å². The molecule has 0 aromatic heterocycles. The lowest BCUT2D eigenvalue weighted by molar-refractivity contribution is -0.139. The van der Waals surface area contributed by atoms with Crippen LogP contribution in [0.15, 0.2) is 24.3 Å². The Morgan fingerprint density at radius 2 is 1.77 bits per heavy atom. The monoisotopic (exact) mass is 416 g/mol. The minimum absolute atomic E-state index is 0.1000. The second-order valence-corrected chi connectivity index (χ2v) is 7.84. The zero-order chi connectivity index (χ0) is 21.8. The molecule has 3 N–H and O–H groups in total. The molecule has 0 aliphatic carbocycles. The first-order chi connectivity index (χ1) is 14.3. The van der Waals surface area contributed by atoms with Crippen LogP contribution in [-0.4, -0.2) is 61.3 Å². The van der Waals surface area contributed by atoms with E-state index in [2.05, 4.69) is 5.32 Å². The molecule has 1 aromatic carbocycles. The maximum Gasteiger partial charge on any atom is 0.244 e. The van der Waals surface area contributed by atoms with Crippen molar-refractivity contribution in [2.75, 3.05) is 31.6 Å². The molecule has 1 aromatic rings. The smallest absolute Gasteiger partial charge is 0.244 e. The second kappa shape index (κ2) is 9.15. The predicted molar refractivity (Wildman–Crippen MR) is 110 cm³/mol. The number of carbonyl (C=O) groups is 4. The summed E-state index contributed by atoms with van der Waals surface area (Å²) in [6.45, 7) is 2.79. The quantitative estimate of drug-likeness (QED) is 0.690. The third-order valence-corrected chi connectivity index (χ3v) is 5.82. The molecule has 2 atom stereocenters. The molecule has 9 nitrogen and oxygen atoms in total. The molecule has 0 saturated carbocycles. The van der Waals surface area contributed by atoms with Crippen molar-refractivity contribution in [2.24, 2.45) is 17.6 Å². The first kappa shape index (κ1) is 21.6. The fourth-order valence-corrected chi connectivity index (χ4v) is 3.95. The number of nitrogens with one attached hydrogen (secondary N) is 1. The van der Waals surface area contributed by atoms with E-state index < -0.39 is 12.0 Å². The van der Waals surface area contributed by atoms with Gasteiger partial charge in [0.2, 0.25) is 23.6 Å². The number of likely N-dealkylation sites (tertiary alicyclic amines) is 1. The van der Waals surface area contributed by atoms with Crippen molar-refractivity contribution in [3.63, 3.8) is 0 Å². The number of carbonyl (C=O) groups excluding carboxylic acids is 4. The van der Waals surface area contributed by atoms with Crippen LogP contribution in [0.25, 0.3) is 0 Å². The number of hydrogen-bond donors (Lipinski definition) is 2. The Kier molecular flexibility index (Phi) is 6.59. The number of methoxy groups -OCH3 is 1. The van der Waals surface area contributed by atoms with Crippen LogP contribution < -0.4 is 20.7 Å². The van der Waals surface area contributed by atoms with E-state index in [1.807, 2.05) is 0 Å². The first-order valence-corrected chi connectivity index (χ1v) is 10.1. The van der Waals surface area contributed by atoms with Crippen molar-refractivity contribution in [3.05, 3.63) is 24.3 Å². The number of benzene rings is 1. The molecular formula is C21H28N4O5. The largest absolute Gasteiger partial charge is 0.497 e. The number of hydrogen-bond acceptors (Lipinski definition) is 5. The zero-order valence-electron chi connectivity index (χ0n) is 17.3. The fraction of sp³-hybridized carbons (Fsp3) is 0.524. The van der Waals surface area contributed by atoms with Gasteiger partial charge in [0.05, 0.1) is 13.0 Å². The van der Waals surface area contributed by atoms with Gasteiger partial charge in [0.15, 0.2) is 0 Å². The van der Waals surface area contributed by atoms with Crippen LogP contribution in [0.3, 0.4) is 0 Å². The summed E-state index contributed by atoms with van der Waals surface area (Å²) in [6.07, 6.45) is 1.17. The van der Waals surface area contributed by atoms with Crippen LogP contribution in [0.5, 0.6) is 5.75 Å². The van der Waals surface area contributed by atoms with E-state index in [1.54, 1.807) is 48.1 Å². The molecule has 9 heteroatoms. The number of piperidine rings is 1. The number of ether oxygens (including phenoxy) is 1. The Hall–Kier alpha value is -3.10. The summed E-state index contributed by atoms with van der Waals surface area (Å²) in [5.74, 6) is -1.01. The molecule has 0 bridgehead atoms. The summed E-state index contributed by atoms with van der Waals surface area (Å²) >= 11 is 0. The number of primary amides is 1. The van der Waals surface area contributed by atoms with Crippen molar-refractivity contribution in [1.82, 2.24) is 10.2 Å². The predicted octanol–water partition coefficient (Wildman–Crippen LogP) is 0.277. The molecule has 0 radical (unpaired) electrons. The molecule has 2 aliphatic heterocycles. The van der Waals surface area contributed by atoms with Crippen molar-refractivity contribution in [2.45, 2.75) is 32.2 Å². The highest BCUT2D eigenvalue weighted by molar-refractivity contribution is 6.01. The van der Waals surface area contributed by atoms with Gasteiger partial charge in [0, 0.05) is 37.7 Å². The Morgan fingerprint density at radius 3 is 2.33 bits per heavy atom. The highest BCUT2D eigenvalue weighted by Crippen LogP contribution is 2.27. The highest BCUT2D eigenvalue weighted by atomic mass is 16.5. The molecule has 2 heterocycles. The van der Waals surface area contributed by atoms with E-state index in [9.17, 15) is 19.2 Å².